The summed E-state index contributed by atoms with van der Waals surface area (Å²) in [5, 5.41) is 23.2. The first kappa shape index (κ1) is 62.3. The lowest BCUT2D eigenvalue weighted by Crippen LogP contribution is -2.45. The number of amides is 1. The van der Waals surface area contributed by atoms with E-state index in [4.69, 9.17) is 4.74 Å². The van der Waals surface area contributed by atoms with Gasteiger partial charge in [0.05, 0.1) is 25.4 Å². The monoisotopic (exact) mass is 902 g/mol. The largest absolute Gasteiger partial charge is 0.466 e. The van der Waals surface area contributed by atoms with Gasteiger partial charge < -0.3 is 20.3 Å². The van der Waals surface area contributed by atoms with Crippen LogP contribution in [0.5, 0.6) is 0 Å². The predicted molar refractivity (Wildman–Crippen MR) is 278 cm³/mol. The zero-order valence-electron chi connectivity index (χ0n) is 43.0. The van der Waals surface area contributed by atoms with Crippen LogP contribution in [0.2, 0.25) is 0 Å². The Morgan fingerprint density at radius 2 is 0.734 bits per heavy atom. The first-order valence-corrected chi connectivity index (χ1v) is 28.6. The SMILES string of the molecule is CCCCCCCC/C=C\CCCCCCCCCC(=O)OCCCCCCCC/C=C\CCCCCCCCCC(=O)NC(CO)C(O)CCCCCCCCCCCCCCC. The van der Waals surface area contributed by atoms with Crippen molar-refractivity contribution in [1.29, 1.82) is 0 Å². The first-order chi connectivity index (χ1) is 31.5. The third kappa shape index (κ3) is 49.8. The number of hydrogen-bond acceptors (Lipinski definition) is 5. The van der Waals surface area contributed by atoms with Crippen LogP contribution in [0, 0.1) is 0 Å². The van der Waals surface area contributed by atoms with Gasteiger partial charge in [0, 0.05) is 12.8 Å². The lowest BCUT2D eigenvalue weighted by molar-refractivity contribution is -0.143. The van der Waals surface area contributed by atoms with Crippen LogP contribution in [0.3, 0.4) is 0 Å². The molecule has 0 aliphatic rings. The highest BCUT2D eigenvalue weighted by atomic mass is 16.5. The molecule has 0 aromatic carbocycles. The van der Waals surface area contributed by atoms with E-state index in [9.17, 15) is 19.8 Å². The van der Waals surface area contributed by atoms with E-state index in [0.29, 0.717) is 25.9 Å². The Labute approximate surface area is 399 Å². The van der Waals surface area contributed by atoms with E-state index >= 15 is 0 Å². The van der Waals surface area contributed by atoms with E-state index in [1.165, 1.54) is 218 Å². The second-order valence-electron chi connectivity index (χ2n) is 19.6. The van der Waals surface area contributed by atoms with E-state index in [0.717, 1.165) is 57.8 Å². The summed E-state index contributed by atoms with van der Waals surface area (Å²) >= 11 is 0. The fourth-order valence-corrected chi connectivity index (χ4v) is 8.81. The van der Waals surface area contributed by atoms with Gasteiger partial charge in [-0.15, -0.1) is 0 Å². The fourth-order valence-electron chi connectivity index (χ4n) is 8.81. The number of esters is 1. The summed E-state index contributed by atoms with van der Waals surface area (Å²) in [6.07, 6.45) is 64.5. The lowest BCUT2D eigenvalue weighted by atomic mass is 10.0. The van der Waals surface area contributed by atoms with Gasteiger partial charge in [-0.1, -0.05) is 244 Å². The van der Waals surface area contributed by atoms with Crippen LogP contribution >= 0.6 is 0 Å². The lowest BCUT2D eigenvalue weighted by Gasteiger charge is -2.22. The summed E-state index contributed by atoms with van der Waals surface area (Å²) < 4.78 is 5.47. The highest BCUT2D eigenvalue weighted by Crippen LogP contribution is 2.16. The van der Waals surface area contributed by atoms with Gasteiger partial charge in [0.25, 0.3) is 0 Å². The molecule has 6 nitrogen and oxygen atoms in total. The quantitative estimate of drug-likeness (QED) is 0.0321. The van der Waals surface area contributed by atoms with Gasteiger partial charge in [-0.3, -0.25) is 9.59 Å². The van der Waals surface area contributed by atoms with E-state index in [2.05, 4.69) is 43.5 Å². The molecule has 0 aliphatic carbocycles. The maximum Gasteiger partial charge on any atom is 0.305 e. The van der Waals surface area contributed by atoms with Gasteiger partial charge in [-0.05, 0) is 77.0 Å². The third-order valence-corrected chi connectivity index (χ3v) is 13.2. The van der Waals surface area contributed by atoms with E-state index < -0.39 is 12.1 Å². The van der Waals surface area contributed by atoms with Gasteiger partial charge in [0.1, 0.15) is 0 Å². The molecular formula is C58H111NO5. The second kappa shape index (κ2) is 54.0. The van der Waals surface area contributed by atoms with Gasteiger partial charge >= 0.3 is 5.97 Å². The summed E-state index contributed by atoms with van der Waals surface area (Å²) in [5.74, 6) is -0.0518. The number of ether oxygens (including phenoxy) is 1. The zero-order valence-corrected chi connectivity index (χ0v) is 43.0. The molecule has 0 spiro atoms. The minimum Gasteiger partial charge on any atom is -0.466 e. The molecule has 3 N–H and O–H groups in total. The van der Waals surface area contributed by atoms with Gasteiger partial charge in [-0.25, -0.2) is 0 Å². The highest BCUT2D eigenvalue weighted by molar-refractivity contribution is 5.76. The van der Waals surface area contributed by atoms with Gasteiger partial charge in [-0.2, -0.15) is 0 Å². The van der Waals surface area contributed by atoms with Crippen molar-refractivity contribution in [3.05, 3.63) is 24.3 Å². The number of aliphatic hydroxyl groups excluding tert-OH is 2. The van der Waals surface area contributed by atoms with E-state index in [1.807, 2.05) is 0 Å². The normalized spacial score (nSPS) is 12.8. The fraction of sp³-hybridized carbons (Fsp3) is 0.897. The maximum atomic E-state index is 12.4. The number of hydrogen-bond donors (Lipinski definition) is 3. The van der Waals surface area contributed by atoms with Gasteiger partial charge in [0.15, 0.2) is 0 Å². The minimum atomic E-state index is -0.671. The molecule has 0 aromatic rings. The number of unbranched alkanes of at least 4 members (excludes halogenated alkanes) is 38. The van der Waals surface area contributed by atoms with Crippen LogP contribution in [-0.4, -0.2) is 47.4 Å². The number of carbonyl (C=O) groups is 2. The molecule has 6 heteroatoms. The van der Waals surface area contributed by atoms with Crippen molar-refractivity contribution in [1.82, 2.24) is 5.32 Å². The highest BCUT2D eigenvalue weighted by Gasteiger charge is 2.20. The van der Waals surface area contributed by atoms with Crippen LogP contribution in [0.1, 0.15) is 309 Å². The Morgan fingerprint density at radius 1 is 0.422 bits per heavy atom. The van der Waals surface area contributed by atoms with Crippen LogP contribution in [0.4, 0.5) is 0 Å². The molecule has 0 saturated heterocycles. The number of allylic oxidation sites excluding steroid dienone is 4. The number of nitrogens with one attached hydrogen (secondary N) is 1. The minimum absolute atomic E-state index is 0.00502. The topological polar surface area (TPSA) is 95.9 Å². The molecule has 0 aromatic heterocycles. The van der Waals surface area contributed by atoms with Crippen molar-refractivity contribution in [2.75, 3.05) is 13.2 Å². The van der Waals surface area contributed by atoms with Crippen molar-refractivity contribution in [3.8, 4) is 0 Å². The molecule has 2 atom stereocenters. The zero-order chi connectivity index (χ0) is 46.5. The summed E-state index contributed by atoms with van der Waals surface area (Å²) in [5.41, 5.74) is 0. The molecular weight excluding hydrogens is 791 g/mol. The van der Waals surface area contributed by atoms with E-state index in [-0.39, 0.29) is 18.5 Å². The molecule has 378 valence electrons. The molecule has 0 bridgehead atoms. The average Bonchev–Trinajstić information content (AvgIpc) is 3.29. The smallest absolute Gasteiger partial charge is 0.305 e. The third-order valence-electron chi connectivity index (χ3n) is 13.2. The van der Waals surface area contributed by atoms with Crippen molar-refractivity contribution in [2.45, 2.75) is 321 Å². The van der Waals surface area contributed by atoms with Crippen LogP contribution < -0.4 is 5.32 Å². The second-order valence-corrected chi connectivity index (χ2v) is 19.6. The number of carbonyl (C=O) groups excluding carboxylic acids is 2. The summed E-state index contributed by atoms with van der Waals surface area (Å²) in [7, 11) is 0. The van der Waals surface area contributed by atoms with Crippen LogP contribution in [0.25, 0.3) is 0 Å². The Balaban J connectivity index is 3.44. The molecule has 0 saturated carbocycles. The summed E-state index contributed by atoms with van der Waals surface area (Å²) in [6, 6.07) is -0.550. The van der Waals surface area contributed by atoms with Crippen LogP contribution in [-0.2, 0) is 14.3 Å². The number of rotatable bonds is 53. The molecule has 0 radical (unpaired) electrons. The molecule has 64 heavy (non-hydrogen) atoms. The Hall–Kier alpha value is -1.66. The molecule has 2 unspecified atom stereocenters. The maximum absolute atomic E-state index is 12.4. The molecule has 1 amide bonds. The molecule has 0 aliphatic heterocycles. The Bertz CT molecular complexity index is 997. The van der Waals surface area contributed by atoms with Crippen molar-refractivity contribution < 1.29 is 24.5 Å². The average molecular weight is 903 g/mol. The van der Waals surface area contributed by atoms with E-state index in [1.54, 1.807) is 0 Å². The van der Waals surface area contributed by atoms with Crippen molar-refractivity contribution >= 4 is 11.9 Å². The molecule has 0 rings (SSSR count). The Morgan fingerprint density at radius 3 is 1.11 bits per heavy atom. The first-order valence-electron chi connectivity index (χ1n) is 28.6. The number of aliphatic hydroxyl groups is 2. The summed E-state index contributed by atoms with van der Waals surface area (Å²) in [4.78, 5) is 24.5. The van der Waals surface area contributed by atoms with Crippen molar-refractivity contribution in [2.24, 2.45) is 0 Å². The van der Waals surface area contributed by atoms with Crippen molar-refractivity contribution in [3.63, 3.8) is 0 Å². The van der Waals surface area contributed by atoms with Gasteiger partial charge in [0.2, 0.25) is 5.91 Å². The van der Waals surface area contributed by atoms with Crippen LogP contribution in [0.15, 0.2) is 24.3 Å². The summed E-state index contributed by atoms with van der Waals surface area (Å²) in [6.45, 7) is 4.93. The predicted octanol–water partition coefficient (Wildman–Crippen LogP) is 17.5. The molecule has 0 fully saturated rings. The molecule has 0 heterocycles. The standard InChI is InChI=1S/C58H111NO5/c1-3-5-7-9-11-13-15-17-18-20-24-28-32-36-40-44-48-52-58(63)64-53-49-45-41-37-33-29-25-22-19-21-23-27-31-35-39-43-47-51-57(62)59-55(54-60)56(61)50-46-42-38-34-30-26-16-14-12-10-8-6-4-2/h17-19,22,55-56,60-61H,3-16,20-21,23-54H2,1-2H3,(H,59,62)/b18-17-,22-19-. The Kier molecular flexibility index (Phi) is 52.6.